The van der Waals surface area contributed by atoms with Crippen LogP contribution in [0.2, 0.25) is 0 Å². The second-order valence-corrected chi connectivity index (χ2v) is 6.23. The Hall–Kier alpha value is -3.35. The van der Waals surface area contributed by atoms with Crippen molar-refractivity contribution in [3.63, 3.8) is 0 Å². The molecule has 1 fully saturated rings. The zero-order valence-corrected chi connectivity index (χ0v) is 14.7. The number of nitrogens with one attached hydrogen (secondary N) is 3. The highest BCUT2D eigenvalue weighted by molar-refractivity contribution is 5.92. The number of hydrogen-bond acceptors (Lipinski definition) is 4. The maximum absolute atomic E-state index is 12.1. The molecule has 7 nitrogen and oxygen atoms in total. The quantitative estimate of drug-likeness (QED) is 0.642. The Morgan fingerprint density at radius 2 is 1.74 bits per heavy atom. The Labute approximate surface area is 157 Å². The van der Waals surface area contributed by atoms with Crippen LogP contribution in [0.25, 0.3) is 0 Å². The van der Waals surface area contributed by atoms with Gasteiger partial charge < -0.3 is 20.7 Å². The number of rotatable bonds is 7. The lowest BCUT2D eigenvalue weighted by molar-refractivity contribution is -0.133. The third-order valence-electron chi connectivity index (χ3n) is 4.24. The van der Waals surface area contributed by atoms with Crippen LogP contribution in [0, 0.1) is 0 Å². The van der Waals surface area contributed by atoms with Gasteiger partial charge in [0.15, 0.2) is 0 Å². The van der Waals surface area contributed by atoms with Gasteiger partial charge in [0.05, 0.1) is 6.42 Å². The molecule has 1 unspecified atom stereocenters. The molecule has 1 heterocycles. The van der Waals surface area contributed by atoms with E-state index in [1.807, 2.05) is 54.6 Å². The van der Waals surface area contributed by atoms with E-state index in [2.05, 4.69) is 16.0 Å². The number of benzene rings is 2. The molecule has 3 amide bonds. The number of alkyl carbamates (subject to hydrolysis) is 1. The van der Waals surface area contributed by atoms with Gasteiger partial charge in [0.2, 0.25) is 11.8 Å². The first kappa shape index (κ1) is 18.4. The fourth-order valence-electron chi connectivity index (χ4n) is 2.67. The SMILES string of the molecule is O=C(Cc1ccccc1CNC(=O)OCc1ccccc1)NC1CNC1=O. The van der Waals surface area contributed by atoms with Crippen LogP contribution in [0.5, 0.6) is 0 Å². The van der Waals surface area contributed by atoms with Crippen molar-refractivity contribution in [3.8, 4) is 0 Å². The van der Waals surface area contributed by atoms with Gasteiger partial charge in [-0.3, -0.25) is 9.59 Å². The maximum Gasteiger partial charge on any atom is 0.407 e. The molecule has 0 aromatic heterocycles. The Kier molecular flexibility index (Phi) is 6.04. The minimum Gasteiger partial charge on any atom is -0.445 e. The Bertz CT molecular complexity index is 823. The lowest BCUT2D eigenvalue weighted by Gasteiger charge is -2.26. The van der Waals surface area contributed by atoms with Crippen LogP contribution >= 0.6 is 0 Å². The van der Waals surface area contributed by atoms with Gasteiger partial charge in [-0.1, -0.05) is 54.6 Å². The number of carbonyl (C=O) groups is 3. The lowest BCUT2D eigenvalue weighted by Crippen LogP contribution is -2.62. The van der Waals surface area contributed by atoms with Crippen molar-refractivity contribution in [1.82, 2.24) is 16.0 Å². The molecule has 2 aromatic rings. The summed E-state index contributed by atoms with van der Waals surface area (Å²) in [5, 5.41) is 7.96. The summed E-state index contributed by atoms with van der Waals surface area (Å²) in [5.74, 6) is -0.395. The maximum atomic E-state index is 12.1. The standard InChI is InChI=1S/C20H21N3O4/c24-18(23-17-12-21-19(17)25)10-15-8-4-5-9-16(15)11-22-20(26)27-13-14-6-2-1-3-7-14/h1-9,17H,10-13H2,(H,21,25)(H,22,26)(H,23,24). The van der Waals surface area contributed by atoms with Crippen molar-refractivity contribution < 1.29 is 19.1 Å². The molecular formula is C20H21N3O4. The average Bonchev–Trinajstić information content (AvgIpc) is 2.69. The molecule has 0 aliphatic carbocycles. The summed E-state index contributed by atoms with van der Waals surface area (Å²) in [5.41, 5.74) is 2.52. The summed E-state index contributed by atoms with van der Waals surface area (Å²) in [6, 6.07) is 16.3. The molecule has 1 saturated heterocycles. The van der Waals surface area contributed by atoms with Crippen molar-refractivity contribution in [3.05, 3.63) is 71.3 Å². The number of amides is 3. The van der Waals surface area contributed by atoms with Gasteiger partial charge in [0.25, 0.3) is 0 Å². The van der Waals surface area contributed by atoms with Crippen LogP contribution in [0.3, 0.4) is 0 Å². The molecule has 1 aliphatic heterocycles. The first-order chi connectivity index (χ1) is 13.1. The van der Waals surface area contributed by atoms with E-state index in [4.69, 9.17) is 4.74 Å². The molecular weight excluding hydrogens is 346 g/mol. The Balaban J connectivity index is 1.49. The number of carbonyl (C=O) groups excluding carboxylic acids is 3. The molecule has 1 aliphatic rings. The van der Waals surface area contributed by atoms with Gasteiger partial charge in [-0.15, -0.1) is 0 Å². The summed E-state index contributed by atoms with van der Waals surface area (Å²) < 4.78 is 5.18. The molecule has 0 spiro atoms. The number of hydrogen-bond donors (Lipinski definition) is 3. The van der Waals surface area contributed by atoms with Crippen LogP contribution in [-0.4, -0.2) is 30.5 Å². The first-order valence-electron chi connectivity index (χ1n) is 8.70. The van der Waals surface area contributed by atoms with Crippen molar-refractivity contribution >= 4 is 17.9 Å². The van der Waals surface area contributed by atoms with Gasteiger partial charge in [-0.05, 0) is 16.7 Å². The van der Waals surface area contributed by atoms with E-state index >= 15 is 0 Å². The average molecular weight is 367 g/mol. The molecule has 140 valence electrons. The normalized spacial score (nSPS) is 15.3. The minimum absolute atomic E-state index is 0.140. The van der Waals surface area contributed by atoms with Crippen LogP contribution in [0.15, 0.2) is 54.6 Å². The lowest BCUT2D eigenvalue weighted by atomic mass is 10.0. The summed E-state index contributed by atoms with van der Waals surface area (Å²) in [6.07, 6.45) is -0.384. The van der Waals surface area contributed by atoms with E-state index in [1.54, 1.807) is 0 Å². The number of ether oxygens (including phenoxy) is 1. The second kappa shape index (κ2) is 8.84. The fourth-order valence-corrected chi connectivity index (χ4v) is 2.67. The molecule has 3 N–H and O–H groups in total. The van der Waals surface area contributed by atoms with Crippen molar-refractivity contribution in [2.75, 3.05) is 6.54 Å². The van der Waals surface area contributed by atoms with Crippen LogP contribution < -0.4 is 16.0 Å². The van der Waals surface area contributed by atoms with E-state index < -0.39 is 12.1 Å². The fraction of sp³-hybridized carbons (Fsp3) is 0.250. The monoisotopic (exact) mass is 367 g/mol. The highest BCUT2D eigenvalue weighted by atomic mass is 16.5. The van der Waals surface area contributed by atoms with Crippen LogP contribution in [0.1, 0.15) is 16.7 Å². The molecule has 0 radical (unpaired) electrons. The molecule has 0 bridgehead atoms. The third kappa shape index (κ3) is 5.31. The van der Waals surface area contributed by atoms with Gasteiger partial charge in [-0.25, -0.2) is 4.79 Å². The van der Waals surface area contributed by atoms with E-state index in [9.17, 15) is 14.4 Å². The van der Waals surface area contributed by atoms with Gasteiger partial charge >= 0.3 is 6.09 Å². The molecule has 1 atom stereocenters. The Morgan fingerprint density at radius 1 is 1.04 bits per heavy atom. The van der Waals surface area contributed by atoms with E-state index in [-0.39, 0.29) is 31.4 Å². The summed E-state index contributed by atoms with van der Waals surface area (Å²) in [7, 11) is 0. The number of β-lactam (4-membered cyclic amide) rings is 1. The molecule has 2 aromatic carbocycles. The van der Waals surface area contributed by atoms with Gasteiger partial charge in [0, 0.05) is 13.1 Å². The van der Waals surface area contributed by atoms with Gasteiger partial charge in [0.1, 0.15) is 12.6 Å². The predicted molar refractivity (Wildman–Crippen MR) is 98.6 cm³/mol. The van der Waals surface area contributed by atoms with E-state index in [1.165, 1.54) is 0 Å². The zero-order valence-electron chi connectivity index (χ0n) is 14.7. The molecule has 0 saturated carbocycles. The largest absolute Gasteiger partial charge is 0.445 e. The highest BCUT2D eigenvalue weighted by Crippen LogP contribution is 2.10. The zero-order chi connectivity index (χ0) is 19.1. The van der Waals surface area contributed by atoms with Crippen molar-refractivity contribution in [1.29, 1.82) is 0 Å². The minimum atomic E-state index is -0.524. The highest BCUT2D eigenvalue weighted by Gasteiger charge is 2.28. The third-order valence-corrected chi connectivity index (χ3v) is 4.24. The summed E-state index contributed by atoms with van der Waals surface area (Å²) in [4.78, 5) is 35.2. The molecule has 3 rings (SSSR count). The van der Waals surface area contributed by atoms with E-state index in [0.717, 1.165) is 16.7 Å². The predicted octanol–water partition coefficient (Wildman–Crippen LogP) is 1.27. The second-order valence-electron chi connectivity index (χ2n) is 6.23. The Morgan fingerprint density at radius 3 is 2.41 bits per heavy atom. The topological polar surface area (TPSA) is 96.5 Å². The molecule has 27 heavy (non-hydrogen) atoms. The summed E-state index contributed by atoms with van der Waals surface area (Å²) >= 11 is 0. The van der Waals surface area contributed by atoms with E-state index in [0.29, 0.717) is 6.54 Å². The first-order valence-corrected chi connectivity index (χ1v) is 8.70. The molecule has 7 heteroatoms. The summed E-state index contributed by atoms with van der Waals surface area (Å²) in [6.45, 7) is 0.905. The van der Waals surface area contributed by atoms with Crippen molar-refractivity contribution in [2.45, 2.75) is 25.6 Å². The smallest absolute Gasteiger partial charge is 0.407 e. The van der Waals surface area contributed by atoms with Crippen molar-refractivity contribution in [2.24, 2.45) is 0 Å². The van der Waals surface area contributed by atoms with Crippen LogP contribution in [-0.2, 0) is 33.9 Å². The van der Waals surface area contributed by atoms with Crippen LogP contribution in [0.4, 0.5) is 4.79 Å². The van der Waals surface area contributed by atoms with Gasteiger partial charge in [-0.2, -0.15) is 0 Å².